The van der Waals surface area contributed by atoms with Crippen LogP contribution in [-0.2, 0) is 0 Å². The highest BCUT2D eigenvalue weighted by atomic mass is 32.1. The van der Waals surface area contributed by atoms with Crippen LogP contribution >= 0.6 is 12.2 Å². The Labute approximate surface area is 156 Å². The van der Waals surface area contributed by atoms with Gasteiger partial charge in [-0.05, 0) is 59.7 Å². The first kappa shape index (κ1) is 18.1. The van der Waals surface area contributed by atoms with Gasteiger partial charge in [-0.1, -0.05) is 42.5 Å². The smallest absolute Gasteiger partial charge is 0.387 e. The van der Waals surface area contributed by atoms with Crippen LogP contribution in [0.3, 0.4) is 0 Å². The lowest BCUT2D eigenvalue weighted by Crippen LogP contribution is -2.31. The average Bonchev–Trinajstić information content (AvgIpc) is 2.62. The van der Waals surface area contributed by atoms with Crippen LogP contribution in [0.2, 0.25) is 0 Å². The molecule has 134 valence electrons. The Morgan fingerprint density at radius 1 is 0.962 bits per heavy atom. The van der Waals surface area contributed by atoms with Crippen molar-refractivity contribution in [3.05, 3.63) is 72.3 Å². The van der Waals surface area contributed by atoms with Gasteiger partial charge in [-0.2, -0.15) is 8.78 Å². The predicted octanol–water partition coefficient (Wildman–Crippen LogP) is 5.49. The van der Waals surface area contributed by atoms with Gasteiger partial charge in [0.2, 0.25) is 0 Å². The van der Waals surface area contributed by atoms with Crippen molar-refractivity contribution in [3.63, 3.8) is 0 Å². The summed E-state index contributed by atoms with van der Waals surface area (Å²) in [5, 5.41) is 9.10. The second kappa shape index (κ2) is 8.10. The van der Waals surface area contributed by atoms with Crippen molar-refractivity contribution in [1.29, 1.82) is 0 Å². The Kier molecular flexibility index (Phi) is 5.63. The minimum Gasteiger partial charge on any atom is -0.435 e. The van der Waals surface area contributed by atoms with Crippen molar-refractivity contribution in [2.75, 3.05) is 5.32 Å². The third-order valence-corrected chi connectivity index (χ3v) is 4.19. The van der Waals surface area contributed by atoms with E-state index >= 15 is 0 Å². The molecule has 0 spiro atoms. The number of alkyl halides is 2. The van der Waals surface area contributed by atoms with E-state index < -0.39 is 6.61 Å². The fourth-order valence-corrected chi connectivity index (χ4v) is 3.08. The van der Waals surface area contributed by atoms with Crippen LogP contribution in [0.1, 0.15) is 18.5 Å². The molecular weight excluding hydrogens is 354 g/mol. The van der Waals surface area contributed by atoms with Gasteiger partial charge in [-0.3, -0.25) is 0 Å². The Morgan fingerprint density at radius 2 is 1.65 bits per heavy atom. The Hall–Kier alpha value is -2.73. The summed E-state index contributed by atoms with van der Waals surface area (Å²) >= 11 is 5.36. The van der Waals surface area contributed by atoms with E-state index in [0.29, 0.717) is 10.8 Å². The fourth-order valence-electron chi connectivity index (χ4n) is 2.79. The van der Waals surface area contributed by atoms with E-state index in [4.69, 9.17) is 12.2 Å². The van der Waals surface area contributed by atoms with Crippen molar-refractivity contribution < 1.29 is 13.5 Å². The number of anilines is 1. The number of nitrogens with one attached hydrogen (secondary N) is 2. The zero-order valence-electron chi connectivity index (χ0n) is 14.1. The molecule has 0 heterocycles. The maximum absolute atomic E-state index is 12.2. The van der Waals surface area contributed by atoms with Crippen molar-refractivity contribution >= 4 is 33.8 Å². The van der Waals surface area contributed by atoms with Crippen molar-refractivity contribution in [2.24, 2.45) is 0 Å². The lowest BCUT2D eigenvalue weighted by atomic mass is 10.00. The summed E-state index contributed by atoms with van der Waals surface area (Å²) in [6.45, 7) is -0.798. The summed E-state index contributed by atoms with van der Waals surface area (Å²) in [4.78, 5) is 0. The van der Waals surface area contributed by atoms with Gasteiger partial charge in [0.25, 0.3) is 0 Å². The van der Waals surface area contributed by atoms with Gasteiger partial charge in [-0.25, -0.2) is 0 Å². The Bertz CT molecular complexity index is 894. The number of halogens is 2. The standard InChI is InChI=1S/C20H18F2N2OS/c1-13(17-8-4-6-14-5-2-3-7-18(14)17)23-20(26)24-15-9-11-16(12-10-15)25-19(21)22/h2-13,19H,1H3,(H2,23,24,26)/t13-/m0/s1. The van der Waals surface area contributed by atoms with Crippen molar-refractivity contribution in [1.82, 2.24) is 5.32 Å². The molecular formula is C20H18F2N2OS. The molecule has 6 heteroatoms. The maximum Gasteiger partial charge on any atom is 0.387 e. The van der Waals surface area contributed by atoms with Crippen LogP contribution in [0.4, 0.5) is 14.5 Å². The molecule has 26 heavy (non-hydrogen) atoms. The summed E-state index contributed by atoms with van der Waals surface area (Å²) in [7, 11) is 0. The molecule has 3 nitrogen and oxygen atoms in total. The van der Waals surface area contributed by atoms with Crippen LogP contribution in [0.5, 0.6) is 5.75 Å². The first-order valence-electron chi connectivity index (χ1n) is 8.13. The highest BCUT2D eigenvalue weighted by Crippen LogP contribution is 2.24. The summed E-state index contributed by atoms with van der Waals surface area (Å²) < 4.78 is 28.7. The Balaban J connectivity index is 1.65. The van der Waals surface area contributed by atoms with E-state index in [-0.39, 0.29) is 11.8 Å². The van der Waals surface area contributed by atoms with Crippen LogP contribution in [0.15, 0.2) is 66.7 Å². The molecule has 3 rings (SSSR count). The highest BCUT2D eigenvalue weighted by molar-refractivity contribution is 7.80. The summed E-state index contributed by atoms with van der Waals surface area (Å²) in [6.07, 6.45) is 0. The monoisotopic (exact) mass is 372 g/mol. The first-order chi connectivity index (χ1) is 12.5. The van der Waals surface area contributed by atoms with E-state index in [9.17, 15) is 8.78 Å². The number of fused-ring (bicyclic) bond motifs is 1. The van der Waals surface area contributed by atoms with Gasteiger partial charge in [0.05, 0.1) is 6.04 Å². The largest absolute Gasteiger partial charge is 0.435 e. The minimum absolute atomic E-state index is 0.00235. The van der Waals surface area contributed by atoms with Gasteiger partial charge >= 0.3 is 6.61 Å². The highest BCUT2D eigenvalue weighted by Gasteiger charge is 2.11. The van der Waals surface area contributed by atoms with Crippen LogP contribution in [0, 0.1) is 0 Å². The third kappa shape index (κ3) is 4.46. The van der Waals surface area contributed by atoms with Crippen LogP contribution < -0.4 is 15.4 Å². The molecule has 3 aromatic rings. The maximum atomic E-state index is 12.2. The molecule has 0 saturated heterocycles. The van der Waals surface area contributed by atoms with E-state index in [1.807, 2.05) is 25.1 Å². The molecule has 0 saturated carbocycles. The zero-order chi connectivity index (χ0) is 18.5. The summed E-state index contributed by atoms with van der Waals surface area (Å²) in [5.74, 6) is 0.105. The average molecular weight is 372 g/mol. The number of thiocarbonyl (C=S) groups is 1. The lowest BCUT2D eigenvalue weighted by Gasteiger charge is -2.19. The fraction of sp³-hybridized carbons (Fsp3) is 0.150. The number of ether oxygens (including phenoxy) is 1. The predicted molar refractivity (Wildman–Crippen MR) is 105 cm³/mol. The van der Waals surface area contributed by atoms with E-state index in [2.05, 4.69) is 39.6 Å². The zero-order valence-corrected chi connectivity index (χ0v) is 14.9. The third-order valence-electron chi connectivity index (χ3n) is 3.97. The molecule has 0 bridgehead atoms. The number of rotatable bonds is 5. The molecule has 0 aromatic heterocycles. The molecule has 0 aliphatic carbocycles. The molecule has 0 amide bonds. The lowest BCUT2D eigenvalue weighted by molar-refractivity contribution is -0.0498. The second-order valence-electron chi connectivity index (χ2n) is 5.79. The molecule has 1 atom stereocenters. The van der Waals surface area contributed by atoms with E-state index in [0.717, 1.165) is 5.56 Å². The molecule has 0 unspecified atom stereocenters. The normalized spacial score (nSPS) is 12.0. The molecule has 0 radical (unpaired) electrons. The molecule has 3 aromatic carbocycles. The number of benzene rings is 3. The molecule has 0 aliphatic rings. The minimum atomic E-state index is -2.84. The van der Waals surface area contributed by atoms with Gasteiger partial charge < -0.3 is 15.4 Å². The number of hydrogen-bond donors (Lipinski definition) is 2. The summed E-state index contributed by atoms with van der Waals surface area (Å²) in [6, 6.07) is 20.5. The van der Waals surface area contributed by atoms with E-state index in [1.165, 1.54) is 22.9 Å². The van der Waals surface area contributed by atoms with E-state index in [1.54, 1.807) is 12.1 Å². The first-order valence-corrected chi connectivity index (χ1v) is 8.54. The van der Waals surface area contributed by atoms with Crippen LogP contribution in [0.25, 0.3) is 10.8 Å². The second-order valence-corrected chi connectivity index (χ2v) is 6.20. The molecule has 0 aliphatic heterocycles. The van der Waals surface area contributed by atoms with Crippen LogP contribution in [-0.4, -0.2) is 11.7 Å². The van der Waals surface area contributed by atoms with Gasteiger partial charge in [-0.15, -0.1) is 0 Å². The number of hydrogen-bond acceptors (Lipinski definition) is 2. The van der Waals surface area contributed by atoms with Gasteiger partial charge in [0.1, 0.15) is 5.75 Å². The van der Waals surface area contributed by atoms with Crippen molar-refractivity contribution in [2.45, 2.75) is 19.6 Å². The molecule has 0 fully saturated rings. The SMILES string of the molecule is C[C@H](NC(=S)Nc1ccc(OC(F)F)cc1)c1cccc2ccccc12. The quantitative estimate of drug-likeness (QED) is 0.580. The molecule has 2 N–H and O–H groups in total. The topological polar surface area (TPSA) is 33.3 Å². The summed E-state index contributed by atoms with van der Waals surface area (Å²) in [5.41, 5.74) is 1.84. The van der Waals surface area contributed by atoms with Gasteiger partial charge in [0, 0.05) is 5.69 Å². The van der Waals surface area contributed by atoms with Crippen molar-refractivity contribution in [3.8, 4) is 5.75 Å². The Morgan fingerprint density at radius 3 is 2.38 bits per heavy atom. The van der Waals surface area contributed by atoms with Gasteiger partial charge in [0.15, 0.2) is 5.11 Å².